The van der Waals surface area contributed by atoms with Gasteiger partial charge in [-0.3, -0.25) is 4.79 Å². The van der Waals surface area contributed by atoms with Crippen molar-refractivity contribution in [2.45, 2.75) is 38.7 Å². The Bertz CT molecular complexity index is 1270. The number of ether oxygens (including phenoxy) is 2. The molecule has 6 rings (SSSR count). The molecule has 0 spiro atoms. The molecule has 1 amide bonds. The monoisotopic (exact) mass is 515 g/mol. The number of aryl methyl sites for hydroxylation is 1. The Kier molecular flexibility index (Phi) is 7.04. The van der Waals surface area contributed by atoms with E-state index in [4.69, 9.17) is 9.47 Å². The molecule has 1 aromatic carbocycles. The number of morpholine rings is 1. The highest BCUT2D eigenvalue weighted by Gasteiger charge is 2.26. The van der Waals surface area contributed by atoms with E-state index >= 15 is 0 Å². The van der Waals surface area contributed by atoms with Crippen LogP contribution in [0.25, 0.3) is 0 Å². The number of nitrogens with zero attached hydrogens (tertiary/aromatic N) is 7. The third-order valence-corrected chi connectivity index (χ3v) is 7.54. The summed E-state index contributed by atoms with van der Waals surface area (Å²) in [7, 11) is 0. The number of benzene rings is 1. The number of carbonyl (C=O) groups excluding carboxylic acids is 1. The number of amides is 1. The second kappa shape index (κ2) is 10.9. The normalized spacial score (nSPS) is 18.0. The van der Waals surface area contributed by atoms with E-state index < -0.39 is 0 Å². The summed E-state index contributed by atoms with van der Waals surface area (Å²) in [6.07, 6.45) is 9.03. The van der Waals surface area contributed by atoms with Crippen molar-refractivity contribution in [3.05, 3.63) is 59.7 Å². The molecule has 2 saturated heterocycles. The van der Waals surface area contributed by atoms with Crippen LogP contribution in [0.5, 0.6) is 5.88 Å². The summed E-state index contributed by atoms with van der Waals surface area (Å²) in [5, 5.41) is 0. The summed E-state index contributed by atoms with van der Waals surface area (Å²) in [5.41, 5.74) is 4.12. The van der Waals surface area contributed by atoms with Gasteiger partial charge in [0.15, 0.2) is 0 Å². The highest BCUT2D eigenvalue weighted by atomic mass is 16.5. The zero-order valence-corrected chi connectivity index (χ0v) is 21.8. The Morgan fingerprint density at radius 3 is 2.55 bits per heavy atom. The minimum Gasteiger partial charge on any atom is -0.474 e. The summed E-state index contributed by atoms with van der Waals surface area (Å²) in [4.78, 5) is 37.1. The third kappa shape index (κ3) is 5.13. The molecule has 0 N–H and O–H groups in total. The Morgan fingerprint density at radius 1 is 1.00 bits per heavy atom. The van der Waals surface area contributed by atoms with Crippen LogP contribution >= 0.6 is 0 Å². The van der Waals surface area contributed by atoms with Gasteiger partial charge in [0.2, 0.25) is 11.8 Å². The van der Waals surface area contributed by atoms with Crippen LogP contribution in [0, 0.1) is 0 Å². The number of hydrogen-bond acceptors (Lipinski definition) is 9. The van der Waals surface area contributed by atoms with Crippen molar-refractivity contribution in [2.24, 2.45) is 0 Å². The Balaban J connectivity index is 1.09. The van der Waals surface area contributed by atoms with Crippen molar-refractivity contribution < 1.29 is 14.3 Å². The molecule has 3 aromatic rings. The summed E-state index contributed by atoms with van der Waals surface area (Å²) < 4.78 is 11.7. The van der Waals surface area contributed by atoms with E-state index in [1.165, 1.54) is 0 Å². The number of aromatic nitrogens is 4. The molecule has 0 saturated carbocycles. The van der Waals surface area contributed by atoms with Crippen LogP contribution < -0.4 is 14.5 Å². The van der Waals surface area contributed by atoms with E-state index in [9.17, 15) is 4.79 Å². The van der Waals surface area contributed by atoms with Crippen molar-refractivity contribution >= 4 is 23.4 Å². The summed E-state index contributed by atoms with van der Waals surface area (Å²) >= 11 is 0. The van der Waals surface area contributed by atoms with Crippen LogP contribution in [-0.4, -0.2) is 82.8 Å². The molecule has 0 aliphatic carbocycles. The quantitative estimate of drug-likeness (QED) is 0.491. The average molecular weight is 516 g/mol. The van der Waals surface area contributed by atoms with Gasteiger partial charge in [0, 0.05) is 75.3 Å². The van der Waals surface area contributed by atoms with Gasteiger partial charge in [0.25, 0.3) is 5.91 Å². The van der Waals surface area contributed by atoms with Gasteiger partial charge in [-0.25, -0.2) is 19.9 Å². The predicted molar refractivity (Wildman–Crippen MR) is 143 cm³/mol. The highest BCUT2D eigenvalue weighted by Crippen LogP contribution is 2.35. The second-order valence-electron chi connectivity index (χ2n) is 9.91. The molecule has 198 valence electrons. The fourth-order valence-electron chi connectivity index (χ4n) is 5.30. The fraction of sp³-hybridized carbons (Fsp3) is 0.464. The summed E-state index contributed by atoms with van der Waals surface area (Å²) in [5.74, 6) is 2.25. The maximum absolute atomic E-state index is 12.9. The van der Waals surface area contributed by atoms with Gasteiger partial charge in [0.1, 0.15) is 18.2 Å². The van der Waals surface area contributed by atoms with E-state index in [1.807, 2.05) is 41.6 Å². The van der Waals surface area contributed by atoms with Crippen LogP contribution in [0.2, 0.25) is 0 Å². The fourth-order valence-corrected chi connectivity index (χ4v) is 5.30. The number of piperidine rings is 1. The lowest BCUT2D eigenvalue weighted by Gasteiger charge is -2.32. The first-order valence-electron chi connectivity index (χ1n) is 13.5. The molecule has 3 aliphatic rings. The number of fused-ring (bicyclic) bond motifs is 1. The molecule has 0 bridgehead atoms. The van der Waals surface area contributed by atoms with Crippen molar-refractivity contribution in [2.75, 3.05) is 55.7 Å². The lowest BCUT2D eigenvalue weighted by Crippen LogP contribution is -2.40. The van der Waals surface area contributed by atoms with Gasteiger partial charge >= 0.3 is 0 Å². The van der Waals surface area contributed by atoms with Gasteiger partial charge in [-0.1, -0.05) is 6.92 Å². The molecule has 0 radical (unpaired) electrons. The molecular formula is C28H33N7O3. The summed E-state index contributed by atoms with van der Waals surface area (Å²) in [6, 6.07) is 7.89. The first-order chi connectivity index (χ1) is 18.7. The Labute approximate surface area is 222 Å². The first-order valence-corrected chi connectivity index (χ1v) is 13.5. The van der Waals surface area contributed by atoms with Gasteiger partial charge in [-0.05, 0) is 42.2 Å². The minimum absolute atomic E-state index is 0.0721. The van der Waals surface area contributed by atoms with Crippen LogP contribution in [0.4, 0.5) is 17.5 Å². The molecular weight excluding hydrogens is 482 g/mol. The van der Waals surface area contributed by atoms with Crippen LogP contribution in [-0.2, 0) is 17.6 Å². The Hall–Kier alpha value is -3.79. The molecule has 0 atom stereocenters. The molecule has 0 unspecified atom stereocenters. The van der Waals surface area contributed by atoms with E-state index in [1.54, 1.807) is 6.33 Å². The van der Waals surface area contributed by atoms with Gasteiger partial charge < -0.3 is 24.2 Å². The maximum atomic E-state index is 12.9. The molecule has 2 fully saturated rings. The number of hydrogen-bond donors (Lipinski definition) is 0. The van der Waals surface area contributed by atoms with Crippen molar-refractivity contribution in [1.82, 2.24) is 24.8 Å². The van der Waals surface area contributed by atoms with E-state index in [0.29, 0.717) is 32.2 Å². The van der Waals surface area contributed by atoms with Gasteiger partial charge in [-0.15, -0.1) is 0 Å². The van der Waals surface area contributed by atoms with E-state index in [-0.39, 0.29) is 12.0 Å². The third-order valence-electron chi connectivity index (χ3n) is 7.54. The van der Waals surface area contributed by atoms with Crippen LogP contribution in [0.15, 0.2) is 43.0 Å². The van der Waals surface area contributed by atoms with E-state index in [0.717, 1.165) is 79.5 Å². The highest BCUT2D eigenvalue weighted by molar-refractivity contribution is 5.95. The zero-order chi connectivity index (χ0) is 25.9. The number of anilines is 3. The minimum atomic E-state index is 0.0721. The smallest absolute Gasteiger partial charge is 0.254 e. The van der Waals surface area contributed by atoms with Crippen molar-refractivity contribution in [3.8, 4) is 5.88 Å². The molecule has 10 nitrogen and oxygen atoms in total. The first kappa shape index (κ1) is 24.5. The van der Waals surface area contributed by atoms with Crippen molar-refractivity contribution in [3.63, 3.8) is 0 Å². The zero-order valence-electron chi connectivity index (χ0n) is 21.8. The largest absolute Gasteiger partial charge is 0.474 e. The lowest BCUT2D eigenvalue weighted by molar-refractivity contribution is 0.0303. The number of carbonyl (C=O) groups is 1. The average Bonchev–Trinajstić information content (AvgIpc) is 3.41. The predicted octanol–water partition coefficient (Wildman–Crippen LogP) is 3.04. The maximum Gasteiger partial charge on any atom is 0.254 e. The molecule has 2 aromatic heterocycles. The molecule has 38 heavy (non-hydrogen) atoms. The van der Waals surface area contributed by atoms with E-state index in [2.05, 4.69) is 36.7 Å². The second-order valence-corrected chi connectivity index (χ2v) is 9.91. The van der Waals surface area contributed by atoms with Crippen LogP contribution in [0.1, 0.15) is 41.3 Å². The summed E-state index contributed by atoms with van der Waals surface area (Å²) in [6.45, 7) is 7.09. The molecule has 10 heteroatoms. The van der Waals surface area contributed by atoms with Crippen LogP contribution in [0.3, 0.4) is 0 Å². The van der Waals surface area contributed by atoms with Crippen molar-refractivity contribution in [1.29, 1.82) is 0 Å². The topological polar surface area (TPSA) is 96.8 Å². The molecule has 5 heterocycles. The lowest BCUT2D eigenvalue weighted by atomic mass is 10.1. The molecule has 3 aliphatic heterocycles. The SMILES string of the molecule is CCc1cnc(N2CCC(Oc3cc(N4CCc5cc(C(=O)N6CCOCC6)ccc54)ncn3)CC2)nc1. The Morgan fingerprint density at radius 2 is 1.79 bits per heavy atom. The van der Waals surface area contributed by atoms with Gasteiger partial charge in [-0.2, -0.15) is 0 Å². The standard InChI is InChI=1S/C28H33N7O3/c1-2-20-17-29-28(30-18-20)34-8-6-23(7-9-34)38-26-16-25(31-19-32-26)35-10-5-21-15-22(3-4-24(21)35)27(36)33-11-13-37-14-12-33/h3-4,15-19,23H,2,5-14H2,1H3. The number of rotatable bonds is 6. The van der Waals surface area contributed by atoms with Gasteiger partial charge in [0.05, 0.1) is 13.2 Å².